The van der Waals surface area contributed by atoms with Gasteiger partial charge in [-0.15, -0.1) is 0 Å². The van der Waals surface area contributed by atoms with Gasteiger partial charge in [-0.3, -0.25) is 9.59 Å². The molecule has 1 aliphatic rings. The normalized spacial score (nSPS) is 14.9. The van der Waals surface area contributed by atoms with Crippen LogP contribution in [0.4, 0.5) is 5.69 Å². The molecule has 6 nitrogen and oxygen atoms in total. The van der Waals surface area contributed by atoms with Gasteiger partial charge in [0.25, 0.3) is 5.91 Å². The predicted molar refractivity (Wildman–Crippen MR) is 129 cm³/mol. The van der Waals surface area contributed by atoms with E-state index in [0.717, 1.165) is 11.4 Å². The number of rotatable bonds is 7. The highest BCUT2D eigenvalue weighted by Crippen LogP contribution is 2.23. The molecule has 0 aromatic heterocycles. The van der Waals surface area contributed by atoms with Crippen LogP contribution in [-0.4, -0.2) is 56.0 Å². The number of halogens is 2. The molecule has 0 radical (unpaired) electrons. The molecule has 1 N–H and O–H groups in total. The van der Waals surface area contributed by atoms with E-state index < -0.39 is 6.04 Å². The molecule has 1 fully saturated rings. The monoisotopic (exact) mass is 477 g/mol. The van der Waals surface area contributed by atoms with Gasteiger partial charge in [-0.05, 0) is 42.7 Å². The summed E-state index contributed by atoms with van der Waals surface area (Å²) in [7, 11) is 1.65. The second-order valence-corrected chi connectivity index (χ2v) is 9.14. The van der Waals surface area contributed by atoms with Gasteiger partial charge in [-0.1, -0.05) is 43.1 Å². The maximum absolute atomic E-state index is 13.3. The van der Waals surface area contributed by atoms with E-state index in [2.05, 4.69) is 10.2 Å². The molecular formula is C24H29Cl2N3O3. The second-order valence-electron chi connectivity index (χ2n) is 8.29. The fourth-order valence-corrected chi connectivity index (χ4v) is 4.31. The molecule has 2 aromatic rings. The van der Waals surface area contributed by atoms with Crippen LogP contribution in [0.1, 0.15) is 30.6 Å². The molecule has 172 valence electrons. The zero-order chi connectivity index (χ0) is 23.3. The summed E-state index contributed by atoms with van der Waals surface area (Å²) < 4.78 is 5.31. The van der Waals surface area contributed by atoms with Crippen LogP contribution in [0.3, 0.4) is 0 Å². The minimum absolute atomic E-state index is 0.0672. The van der Waals surface area contributed by atoms with Crippen molar-refractivity contribution in [1.29, 1.82) is 0 Å². The first-order valence-corrected chi connectivity index (χ1v) is 11.5. The lowest BCUT2D eigenvalue weighted by Crippen LogP contribution is -2.55. The van der Waals surface area contributed by atoms with Crippen molar-refractivity contribution in [1.82, 2.24) is 10.2 Å². The Hall–Kier alpha value is -2.44. The van der Waals surface area contributed by atoms with E-state index in [9.17, 15) is 9.59 Å². The fourth-order valence-electron chi connectivity index (χ4n) is 3.82. The van der Waals surface area contributed by atoms with Gasteiger partial charge in [0.1, 0.15) is 11.8 Å². The summed E-state index contributed by atoms with van der Waals surface area (Å²) in [6.45, 7) is 6.66. The lowest BCUT2D eigenvalue weighted by molar-refractivity contribution is -0.134. The summed E-state index contributed by atoms with van der Waals surface area (Å²) in [6, 6.07) is 12.0. The first kappa shape index (κ1) is 24.2. The van der Waals surface area contributed by atoms with Crippen LogP contribution in [0.2, 0.25) is 10.0 Å². The average Bonchev–Trinajstić information content (AvgIpc) is 2.78. The van der Waals surface area contributed by atoms with Gasteiger partial charge in [0.05, 0.1) is 17.7 Å². The average molecular weight is 478 g/mol. The molecule has 8 heteroatoms. The van der Waals surface area contributed by atoms with E-state index >= 15 is 0 Å². The molecule has 0 aliphatic carbocycles. The summed E-state index contributed by atoms with van der Waals surface area (Å²) in [5.74, 6) is 0.604. The number of hydrogen-bond acceptors (Lipinski definition) is 4. The maximum Gasteiger partial charge on any atom is 0.253 e. The van der Waals surface area contributed by atoms with Gasteiger partial charge in [0.2, 0.25) is 5.91 Å². The van der Waals surface area contributed by atoms with Crippen LogP contribution in [0, 0.1) is 5.92 Å². The van der Waals surface area contributed by atoms with Crippen LogP contribution in [0.25, 0.3) is 0 Å². The molecule has 1 atom stereocenters. The van der Waals surface area contributed by atoms with Gasteiger partial charge in [0, 0.05) is 43.0 Å². The van der Waals surface area contributed by atoms with Crippen molar-refractivity contribution in [3.8, 4) is 5.75 Å². The Bertz CT molecular complexity index is 959. The summed E-state index contributed by atoms with van der Waals surface area (Å²) in [5, 5.41) is 3.61. The number of carbonyl (C=O) groups is 2. The molecule has 1 heterocycles. The first-order chi connectivity index (χ1) is 15.3. The van der Waals surface area contributed by atoms with E-state index in [1.807, 2.05) is 43.0 Å². The number of nitrogens with zero attached hydrogens (tertiary/aromatic N) is 2. The Morgan fingerprint density at radius 2 is 1.78 bits per heavy atom. The van der Waals surface area contributed by atoms with Crippen LogP contribution in [0.15, 0.2) is 42.5 Å². The first-order valence-electron chi connectivity index (χ1n) is 10.7. The highest BCUT2D eigenvalue weighted by molar-refractivity contribution is 6.36. The van der Waals surface area contributed by atoms with Crippen LogP contribution in [-0.2, 0) is 4.79 Å². The zero-order valence-corrected chi connectivity index (χ0v) is 20.1. The highest BCUT2D eigenvalue weighted by atomic mass is 35.5. The van der Waals surface area contributed by atoms with Crippen LogP contribution in [0.5, 0.6) is 5.75 Å². The van der Waals surface area contributed by atoms with Gasteiger partial charge < -0.3 is 19.9 Å². The molecule has 3 rings (SSSR count). The summed E-state index contributed by atoms with van der Waals surface area (Å²) in [4.78, 5) is 30.2. The fraction of sp³-hybridized carbons (Fsp3) is 0.417. The summed E-state index contributed by atoms with van der Waals surface area (Å²) >= 11 is 12.1. The van der Waals surface area contributed by atoms with E-state index in [4.69, 9.17) is 27.9 Å². The van der Waals surface area contributed by atoms with Gasteiger partial charge in [0.15, 0.2) is 0 Å². The Morgan fingerprint density at radius 3 is 2.41 bits per heavy atom. The van der Waals surface area contributed by atoms with Gasteiger partial charge >= 0.3 is 0 Å². The lowest BCUT2D eigenvalue weighted by atomic mass is 10.0. The standard InChI is InChI=1S/C24H29Cl2N3O3/c1-16(2)13-22(27-23(30)20-8-7-17(25)14-21(20)26)24(31)29-11-9-28(10-12-29)18-5-4-6-19(15-18)32-3/h4-8,14-16,22H,9-13H2,1-3H3,(H,27,30). The number of carbonyl (C=O) groups excluding carboxylic acids is 2. The highest BCUT2D eigenvalue weighted by Gasteiger charge is 2.30. The molecule has 1 aliphatic heterocycles. The van der Waals surface area contributed by atoms with E-state index in [-0.39, 0.29) is 22.8 Å². The maximum atomic E-state index is 13.3. The summed E-state index contributed by atoms with van der Waals surface area (Å²) in [6.07, 6.45) is 0.548. The number of benzene rings is 2. The Balaban J connectivity index is 1.66. The quantitative estimate of drug-likeness (QED) is 0.637. The van der Waals surface area contributed by atoms with Crippen LogP contribution < -0.4 is 15.0 Å². The number of piperazine rings is 1. The van der Waals surface area contributed by atoms with Gasteiger partial charge in [-0.2, -0.15) is 0 Å². The number of hydrogen-bond donors (Lipinski definition) is 1. The topological polar surface area (TPSA) is 61.9 Å². The number of methoxy groups -OCH3 is 1. The number of amides is 2. The molecule has 1 saturated heterocycles. The van der Waals surface area contributed by atoms with Crippen molar-refractivity contribution in [3.05, 3.63) is 58.1 Å². The number of anilines is 1. The minimum Gasteiger partial charge on any atom is -0.497 e. The zero-order valence-electron chi connectivity index (χ0n) is 18.6. The van der Waals surface area contributed by atoms with Crippen molar-refractivity contribution in [2.24, 2.45) is 5.92 Å². The van der Waals surface area contributed by atoms with Crippen molar-refractivity contribution in [3.63, 3.8) is 0 Å². The lowest BCUT2D eigenvalue weighted by Gasteiger charge is -2.38. The van der Waals surface area contributed by atoms with Crippen molar-refractivity contribution >= 4 is 40.7 Å². The molecule has 2 aromatic carbocycles. The van der Waals surface area contributed by atoms with E-state index in [1.54, 1.807) is 19.2 Å². The Labute approximate surface area is 199 Å². The molecule has 2 amide bonds. The summed E-state index contributed by atoms with van der Waals surface area (Å²) in [5.41, 5.74) is 1.38. The largest absolute Gasteiger partial charge is 0.497 e. The number of nitrogens with one attached hydrogen (secondary N) is 1. The Morgan fingerprint density at radius 1 is 1.06 bits per heavy atom. The van der Waals surface area contributed by atoms with Crippen LogP contribution >= 0.6 is 23.2 Å². The van der Waals surface area contributed by atoms with E-state index in [1.165, 1.54) is 6.07 Å². The second kappa shape index (κ2) is 10.9. The molecule has 0 bridgehead atoms. The molecular weight excluding hydrogens is 449 g/mol. The number of ether oxygens (including phenoxy) is 1. The SMILES string of the molecule is COc1cccc(N2CCN(C(=O)C(CC(C)C)NC(=O)c3ccc(Cl)cc3Cl)CC2)c1. The molecule has 1 unspecified atom stereocenters. The Kier molecular flexibility index (Phi) is 8.26. The third-order valence-corrected chi connectivity index (χ3v) is 6.04. The molecule has 32 heavy (non-hydrogen) atoms. The van der Waals surface area contributed by atoms with E-state index in [0.29, 0.717) is 43.2 Å². The predicted octanol–water partition coefficient (Wildman–Crippen LogP) is 4.50. The smallest absolute Gasteiger partial charge is 0.253 e. The van der Waals surface area contributed by atoms with Crippen molar-refractivity contribution in [2.45, 2.75) is 26.3 Å². The molecule has 0 spiro atoms. The minimum atomic E-state index is -0.613. The van der Waals surface area contributed by atoms with Gasteiger partial charge in [-0.25, -0.2) is 0 Å². The third kappa shape index (κ3) is 6.08. The third-order valence-electron chi connectivity index (χ3n) is 5.50. The van der Waals surface area contributed by atoms with Crippen molar-refractivity contribution < 1.29 is 14.3 Å². The molecule has 0 saturated carbocycles. The van der Waals surface area contributed by atoms with Crippen molar-refractivity contribution in [2.75, 3.05) is 38.2 Å².